The molecule has 0 fully saturated rings. The zero-order valence-electron chi connectivity index (χ0n) is 8.97. The van der Waals surface area contributed by atoms with E-state index in [9.17, 15) is 8.42 Å². The molecule has 0 aliphatic carbocycles. The topological polar surface area (TPSA) is 59.1 Å². The summed E-state index contributed by atoms with van der Waals surface area (Å²) in [5.41, 5.74) is 0. The summed E-state index contributed by atoms with van der Waals surface area (Å²) in [6, 6.07) is 3.14. The van der Waals surface area contributed by atoms with Crippen molar-refractivity contribution in [1.29, 1.82) is 0 Å². The van der Waals surface area contributed by atoms with Crippen molar-refractivity contribution in [3.05, 3.63) is 24.5 Å². The maximum absolute atomic E-state index is 11.7. The lowest BCUT2D eigenvalue weighted by molar-refractivity contribution is 0.528. The van der Waals surface area contributed by atoms with E-state index in [0.29, 0.717) is 12.5 Å². The predicted molar refractivity (Wildman–Crippen MR) is 58.9 cm³/mol. The quantitative estimate of drug-likeness (QED) is 0.829. The molecule has 15 heavy (non-hydrogen) atoms. The van der Waals surface area contributed by atoms with Crippen LogP contribution in [0.5, 0.6) is 0 Å². The second kappa shape index (κ2) is 5.23. The Hall–Kier alpha value is -0.940. The third kappa shape index (κ3) is 3.60. The highest BCUT2D eigenvalue weighted by Crippen LogP contribution is 2.06. The average Bonchev–Trinajstić information content (AvgIpc) is 2.27. The van der Waals surface area contributed by atoms with Gasteiger partial charge in [0.1, 0.15) is 4.90 Å². The summed E-state index contributed by atoms with van der Waals surface area (Å²) in [5.74, 6) is 0.344. The van der Waals surface area contributed by atoms with Gasteiger partial charge in [0.25, 0.3) is 0 Å². The maximum atomic E-state index is 11.7. The van der Waals surface area contributed by atoms with Crippen LogP contribution in [0.4, 0.5) is 0 Å². The zero-order chi connectivity index (χ0) is 11.3. The van der Waals surface area contributed by atoms with Crippen molar-refractivity contribution in [2.75, 3.05) is 6.54 Å². The SMILES string of the molecule is CCC(C)CNS(=O)(=O)c1cccnc1. The highest BCUT2D eigenvalue weighted by atomic mass is 32.2. The van der Waals surface area contributed by atoms with Gasteiger partial charge in [0.15, 0.2) is 0 Å². The van der Waals surface area contributed by atoms with E-state index >= 15 is 0 Å². The molecule has 4 nitrogen and oxygen atoms in total. The second-order valence-corrected chi connectivity index (χ2v) is 5.32. The van der Waals surface area contributed by atoms with E-state index in [1.165, 1.54) is 12.3 Å². The summed E-state index contributed by atoms with van der Waals surface area (Å²) in [4.78, 5) is 4.00. The van der Waals surface area contributed by atoms with Crippen molar-refractivity contribution >= 4 is 10.0 Å². The molecule has 0 radical (unpaired) electrons. The summed E-state index contributed by atoms with van der Waals surface area (Å²) >= 11 is 0. The molecule has 0 amide bonds. The van der Waals surface area contributed by atoms with Crippen LogP contribution in [0.25, 0.3) is 0 Å². The first kappa shape index (κ1) is 12.1. The van der Waals surface area contributed by atoms with E-state index in [1.807, 2.05) is 13.8 Å². The Kier molecular flexibility index (Phi) is 4.23. The normalized spacial score (nSPS) is 13.7. The molecule has 0 saturated carbocycles. The first-order valence-electron chi connectivity index (χ1n) is 4.96. The maximum Gasteiger partial charge on any atom is 0.242 e. The molecule has 0 aliphatic heterocycles. The minimum absolute atomic E-state index is 0.216. The van der Waals surface area contributed by atoms with Crippen LogP contribution in [0.15, 0.2) is 29.4 Å². The lowest BCUT2D eigenvalue weighted by atomic mass is 10.1. The van der Waals surface area contributed by atoms with E-state index in [2.05, 4.69) is 9.71 Å². The van der Waals surface area contributed by atoms with E-state index in [4.69, 9.17) is 0 Å². The zero-order valence-corrected chi connectivity index (χ0v) is 9.79. The van der Waals surface area contributed by atoms with Crippen LogP contribution in [-0.2, 0) is 10.0 Å². The number of rotatable bonds is 5. The molecule has 0 spiro atoms. The molecule has 1 unspecified atom stereocenters. The standard InChI is InChI=1S/C10H16N2O2S/c1-3-9(2)7-12-15(13,14)10-5-4-6-11-8-10/h4-6,8-9,12H,3,7H2,1-2H3. The lowest BCUT2D eigenvalue weighted by Gasteiger charge is -2.10. The van der Waals surface area contributed by atoms with E-state index in [1.54, 1.807) is 12.3 Å². The van der Waals surface area contributed by atoms with Crippen LogP contribution in [0.2, 0.25) is 0 Å². The molecule has 1 heterocycles. The van der Waals surface area contributed by atoms with Gasteiger partial charge in [0.2, 0.25) is 10.0 Å². The number of hydrogen-bond donors (Lipinski definition) is 1. The average molecular weight is 228 g/mol. The van der Waals surface area contributed by atoms with Gasteiger partial charge in [-0.3, -0.25) is 4.98 Å². The Balaban J connectivity index is 2.69. The molecule has 0 aromatic carbocycles. The highest BCUT2D eigenvalue weighted by molar-refractivity contribution is 7.89. The van der Waals surface area contributed by atoms with Crippen LogP contribution in [0.1, 0.15) is 20.3 Å². The van der Waals surface area contributed by atoms with Crippen molar-refractivity contribution in [3.63, 3.8) is 0 Å². The van der Waals surface area contributed by atoms with Gasteiger partial charge in [-0.2, -0.15) is 0 Å². The Morgan fingerprint density at radius 3 is 2.80 bits per heavy atom. The predicted octanol–water partition coefficient (Wildman–Crippen LogP) is 1.41. The first-order valence-corrected chi connectivity index (χ1v) is 6.44. The molecule has 5 heteroatoms. The Morgan fingerprint density at radius 1 is 1.53 bits per heavy atom. The third-order valence-corrected chi connectivity index (χ3v) is 3.67. The Morgan fingerprint density at radius 2 is 2.27 bits per heavy atom. The number of nitrogens with one attached hydrogen (secondary N) is 1. The number of nitrogens with zero attached hydrogens (tertiary/aromatic N) is 1. The highest BCUT2D eigenvalue weighted by Gasteiger charge is 2.14. The fourth-order valence-electron chi connectivity index (χ4n) is 0.986. The van der Waals surface area contributed by atoms with Gasteiger partial charge >= 0.3 is 0 Å². The van der Waals surface area contributed by atoms with Crippen LogP contribution in [-0.4, -0.2) is 19.9 Å². The summed E-state index contributed by atoms with van der Waals surface area (Å²) in [6.07, 6.45) is 3.85. The van der Waals surface area contributed by atoms with Crippen molar-refractivity contribution in [2.24, 2.45) is 5.92 Å². The largest absolute Gasteiger partial charge is 0.263 e. The van der Waals surface area contributed by atoms with Gasteiger partial charge in [0, 0.05) is 18.9 Å². The Bertz CT molecular complexity index is 389. The van der Waals surface area contributed by atoms with E-state index in [-0.39, 0.29) is 4.90 Å². The minimum Gasteiger partial charge on any atom is -0.263 e. The molecule has 0 bridgehead atoms. The fraction of sp³-hybridized carbons (Fsp3) is 0.500. The summed E-state index contributed by atoms with van der Waals surface area (Å²) < 4.78 is 26.0. The first-order chi connectivity index (χ1) is 7.06. The van der Waals surface area contributed by atoms with Crippen molar-refractivity contribution in [2.45, 2.75) is 25.2 Å². The molecule has 1 aromatic heterocycles. The number of hydrogen-bond acceptors (Lipinski definition) is 3. The van der Waals surface area contributed by atoms with Gasteiger partial charge in [-0.15, -0.1) is 0 Å². The molecule has 1 N–H and O–H groups in total. The molecular weight excluding hydrogens is 212 g/mol. The minimum atomic E-state index is -3.38. The molecular formula is C10H16N2O2S. The monoisotopic (exact) mass is 228 g/mol. The third-order valence-electron chi connectivity index (χ3n) is 2.26. The van der Waals surface area contributed by atoms with Gasteiger partial charge in [-0.1, -0.05) is 20.3 Å². The number of pyridine rings is 1. The van der Waals surface area contributed by atoms with Gasteiger partial charge in [0.05, 0.1) is 0 Å². The molecule has 1 rings (SSSR count). The summed E-state index contributed by atoms with van der Waals surface area (Å²) in [7, 11) is -3.38. The van der Waals surface area contributed by atoms with Crippen molar-refractivity contribution in [3.8, 4) is 0 Å². The summed E-state index contributed by atoms with van der Waals surface area (Å²) in [6.45, 7) is 4.50. The molecule has 1 atom stereocenters. The fourth-order valence-corrected chi connectivity index (χ4v) is 2.11. The van der Waals surface area contributed by atoms with Gasteiger partial charge < -0.3 is 0 Å². The molecule has 1 aromatic rings. The lowest BCUT2D eigenvalue weighted by Crippen LogP contribution is -2.28. The molecule has 84 valence electrons. The number of aromatic nitrogens is 1. The van der Waals surface area contributed by atoms with Crippen LogP contribution >= 0.6 is 0 Å². The number of sulfonamides is 1. The van der Waals surface area contributed by atoms with Gasteiger partial charge in [-0.25, -0.2) is 13.1 Å². The van der Waals surface area contributed by atoms with Gasteiger partial charge in [-0.05, 0) is 18.1 Å². The smallest absolute Gasteiger partial charge is 0.242 e. The molecule has 0 saturated heterocycles. The van der Waals surface area contributed by atoms with Crippen LogP contribution in [0.3, 0.4) is 0 Å². The van der Waals surface area contributed by atoms with Crippen LogP contribution < -0.4 is 4.72 Å². The van der Waals surface area contributed by atoms with E-state index in [0.717, 1.165) is 6.42 Å². The second-order valence-electron chi connectivity index (χ2n) is 3.55. The Labute approximate surface area is 90.8 Å². The van der Waals surface area contributed by atoms with Crippen LogP contribution in [0, 0.1) is 5.92 Å². The van der Waals surface area contributed by atoms with Crippen molar-refractivity contribution in [1.82, 2.24) is 9.71 Å². The summed E-state index contributed by atoms with van der Waals surface area (Å²) in [5, 5.41) is 0. The molecule has 0 aliphatic rings. The van der Waals surface area contributed by atoms with E-state index < -0.39 is 10.0 Å². The van der Waals surface area contributed by atoms with Crippen molar-refractivity contribution < 1.29 is 8.42 Å².